The number of carbonyl (C=O) groups excluding carboxylic acids is 1. The van der Waals surface area contributed by atoms with E-state index < -0.39 is 0 Å². The van der Waals surface area contributed by atoms with Gasteiger partial charge in [0.25, 0.3) is 5.91 Å². The molecule has 0 aliphatic carbocycles. The third kappa shape index (κ3) is 2.79. The second kappa shape index (κ2) is 6.30. The minimum Gasteiger partial charge on any atom is -0.369 e. The topological polar surface area (TPSA) is 67.4 Å². The minimum absolute atomic E-state index is 0.00583. The molecule has 27 heavy (non-hydrogen) atoms. The summed E-state index contributed by atoms with van der Waals surface area (Å²) in [4.78, 5) is 23.6. The van der Waals surface area contributed by atoms with E-state index in [9.17, 15) is 4.79 Å². The lowest BCUT2D eigenvalue weighted by atomic mass is 9.73. The van der Waals surface area contributed by atoms with E-state index in [1.54, 1.807) is 0 Å². The summed E-state index contributed by atoms with van der Waals surface area (Å²) in [7, 11) is 0. The van der Waals surface area contributed by atoms with Crippen LogP contribution in [-0.2, 0) is 4.74 Å². The largest absolute Gasteiger partial charge is 0.369 e. The van der Waals surface area contributed by atoms with Gasteiger partial charge in [-0.3, -0.25) is 4.79 Å². The number of aryl methyl sites for hydroxylation is 1. The van der Waals surface area contributed by atoms with E-state index in [0.717, 1.165) is 37.6 Å². The summed E-state index contributed by atoms with van der Waals surface area (Å²) in [6.07, 6.45) is 4.27. The van der Waals surface area contributed by atoms with Gasteiger partial charge in [-0.15, -0.1) is 0 Å². The van der Waals surface area contributed by atoms with Crippen LogP contribution in [0.5, 0.6) is 0 Å². The maximum atomic E-state index is 12.4. The maximum Gasteiger partial charge on any atom is 0.251 e. The van der Waals surface area contributed by atoms with E-state index in [-0.39, 0.29) is 17.6 Å². The average molecular weight is 364 g/mol. The van der Waals surface area contributed by atoms with E-state index >= 15 is 0 Å². The van der Waals surface area contributed by atoms with Crippen molar-refractivity contribution in [3.05, 3.63) is 54.0 Å². The number of nitrogens with zero attached hydrogens (tertiary/aromatic N) is 3. The molecule has 0 saturated carbocycles. The second-order valence-electron chi connectivity index (χ2n) is 7.95. The summed E-state index contributed by atoms with van der Waals surface area (Å²) in [6, 6.07) is 11.4. The Morgan fingerprint density at radius 1 is 1.33 bits per heavy atom. The second-order valence-corrected chi connectivity index (χ2v) is 7.95. The predicted octanol–water partition coefficient (Wildman–Crippen LogP) is 2.20. The molecule has 0 radical (unpaired) electrons. The summed E-state index contributed by atoms with van der Waals surface area (Å²) in [5.74, 6) is 2.56. The van der Waals surface area contributed by atoms with Gasteiger partial charge in [-0.2, -0.15) is 0 Å². The van der Waals surface area contributed by atoms with Crippen molar-refractivity contribution in [1.82, 2.24) is 15.3 Å². The molecule has 1 aromatic carbocycles. The van der Waals surface area contributed by atoms with E-state index in [0.29, 0.717) is 23.9 Å². The number of nitrogens with one attached hydrogen (secondary N) is 1. The molecule has 2 aromatic rings. The molecule has 3 fully saturated rings. The fraction of sp³-hybridized carbons (Fsp3) is 0.476. The van der Waals surface area contributed by atoms with Gasteiger partial charge in [0.2, 0.25) is 0 Å². The SMILES string of the molecule is Cc1nccc(N2C[C@@H]3[C@H](CNC(=O)c4ccccc4)[C@H]4CC[C@]3(C2)O4)n1. The molecular formula is C21H24N4O2. The first kappa shape index (κ1) is 16.7. The predicted molar refractivity (Wildman–Crippen MR) is 102 cm³/mol. The van der Waals surface area contributed by atoms with Crippen molar-refractivity contribution in [2.75, 3.05) is 24.5 Å². The third-order valence-electron chi connectivity index (χ3n) is 6.40. The highest BCUT2D eigenvalue weighted by atomic mass is 16.5. The molecule has 1 amide bonds. The first-order valence-corrected chi connectivity index (χ1v) is 9.70. The van der Waals surface area contributed by atoms with Gasteiger partial charge in [0.15, 0.2) is 0 Å². The van der Waals surface area contributed by atoms with Crippen molar-refractivity contribution in [2.45, 2.75) is 31.5 Å². The summed E-state index contributed by atoms with van der Waals surface area (Å²) >= 11 is 0. The zero-order chi connectivity index (χ0) is 18.4. The van der Waals surface area contributed by atoms with E-state index in [2.05, 4.69) is 20.2 Å². The van der Waals surface area contributed by atoms with Crippen LogP contribution < -0.4 is 10.2 Å². The third-order valence-corrected chi connectivity index (χ3v) is 6.40. The number of carbonyl (C=O) groups is 1. The number of anilines is 1. The zero-order valence-electron chi connectivity index (χ0n) is 15.5. The highest BCUT2D eigenvalue weighted by molar-refractivity contribution is 5.94. The normalized spacial score (nSPS) is 31.1. The number of hydrogen-bond donors (Lipinski definition) is 1. The van der Waals surface area contributed by atoms with Crippen LogP contribution in [0.1, 0.15) is 29.0 Å². The Kier molecular flexibility index (Phi) is 3.90. The maximum absolute atomic E-state index is 12.4. The van der Waals surface area contributed by atoms with Crippen molar-refractivity contribution in [3.63, 3.8) is 0 Å². The number of amides is 1. The van der Waals surface area contributed by atoms with Crippen LogP contribution in [-0.4, -0.2) is 47.2 Å². The molecule has 3 aliphatic heterocycles. The van der Waals surface area contributed by atoms with E-state index in [1.807, 2.05) is 49.5 Å². The van der Waals surface area contributed by atoms with Crippen molar-refractivity contribution in [2.24, 2.45) is 11.8 Å². The summed E-state index contributed by atoms with van der Waals surface area (Å²) in [5.41, 5.74) is 0.631. The quantitative estimate of drug-likeness (QED) is 0.901. The van der Waals surface area contributed by atoms with Crippen LogP contribution in [0.4, 0.5) is 5.82 Å². The highest BCUT2D eigenvalue weighted by Gasteiger charge is 2.63. The van der Waals surface area contributed by atoms with E-state index in [4.69, 9.17) is 4.74 Å². The van der Waals surface area contributed by atoms with Crippen LogP contribution in [0, 0.1) is 18.8 Å². The Morgan fingerprint density at radius 2 is 2.19 bits per heavy atom. The van der Waals surface area contributed by atoms with Crippen LogP contribution in [0.3, 0.4) is 0 Å². The standard InChI is InChI=1S/C21H24N4O2/c1-14-22-10-8-19(24-14)25-12-17-16(18-7-9-21(17,13-25)27-18)11-23-20(26)15-5-3-2-4-6-15/h2-6,8,10,16-18H,7,9,11-13H2,1H3,(H,23,26)/t16-,17+,18+,21+/m0/s1. The molecule has 6 nitrogen and oxygen atoms in total. The molecule has 5 rings (SSSR count). The zero-order valence-corrected chi connectivity index (χ0v) is 15.5. The fourth-order valence-corrected chi connectivity index (χ4v) is 5.16. The summed E-state index contributed by atoms with van der Waals surface area (Å²) < 4.78 is 6.48. The number of rotatable bonds is 4. The molecule has 3 aliphatic rings. The number of ether oxygens (including phenoxy) is 1. The van der Waals surface area contributed by atoms with Crippen molar-refractivity contribution in [1.29, 1.82) is 0 Å². The van der Waals surface area contributed by atoms with Gasteiger partial charge in [0.1, 0.15) is 11.6 Å². The van der Waals surface area contributed by atoms with Gasteiger partial charge in [-0.05, 0) is 38.0 Å². The van der Waals surface area contributed by atoms with Crippen LogP contribution in [0.25, 0.3) is 0 Å². The van der Waals surface area contributed by atoms with Crippen molar-refractivity contribution < 1.29 is 9.53 Å². The molecule has 4 atom stereocenters. The first-order valence-electron chi connectivity index (χ1n) is 9.70. The van der Waals surface area contributed by atoms with Crippen LogP contribution in [0.2, 0.25) is 0 Å². The lowest BCUT2D eigenvalue weighted by Crippen LogP contribution is -2.41. The Balaban J connectivity index is 1.30. The lowest BCUT2D eigenvalue weighted by Gasteiger charge is -2.29. The van der Waals surface area contributed by atoms with Gasteiger partial charge in [-0.25, -0.2) is 9.97 Å². The Morgan fingerprint density at radius 3 is 3.00 bits per heavy atom. The molecule has 1 spiro atoms. The molecule has 1 aromatic heterocycles. The molecule has 2 bridgehead atoms. The number of fused-ring (bicyclic) bond motifs is 1. The highest BCUT2D eigenvalue weighted by Crippen LogP contribution is 2.55. The van der Waals surface area contributed by atoms with Crippen LogP contribution >= 0.6 is 0 Å². The number of benzene rings is 1. The molecule has 140 valence electrons. The van der Waals surface area contributed by atoms with Gasteiger partial charge in [0.05, 0.1) is 11.7 Å². The monoisotopic (exact) mass is 364 g/mol. The molecule has 1 N–H and O–H groups in total. The van der Waals surface area contributed by atoms with Gasteiger partial charge in [0, 0.05) is 43.2 Å². The Bertz CT molecular complexity index is 858. The number of aromatic nitrogens is 2. The number of hydrogen-bond acceptors (Lipinski definition) is 5. The molecular weight excluding hydrogens is 340 g/mol. The van der Waals surface area contributed by atoms with Crippen molar-refractivity contribution >= 4 is 11.7 Å². The summed E-state index contributed by atoms with van der Waals surface area (Å²) in [5, 5.41) is 3.14. The first-order chi connectivity index (χ1) is 13.1. The Labute approximate surface area is 159 Å². The van der Waals surface area contributed by atoms with Gasteiger partial charge < -0.3 is 15.0 Å². The molecule has 4 heterocycles. The molecule has 6 heteroatoms. The fourth-order valence-electron chi connectivity index (χ4n) is 5.16. The van der Waals surface area contributed by atoms with Gasteiger partial charge in [-0.1, -0.05) is 18.2 Å². The summed E-state index contributed by atoms with van der Waals surface area (Å²) in [6.45, 7) is 4.40. The average Bonchev–Trinajstić information content (AvgIpc) is 3.35. The van der Waals surface area contributed by atoms with E-state index in [1.165, 1.54) is 0 Å². The van der Waals surface area contributed by atoms with Crippen molar-refractivity contribution in [3.8, 4) is 0 Å². The smallest absolute Gasteiger partial charge is 0.251 e. The minimum atomic E-state index is -0.0777. The molecule has 3 saturated heterocycles. The van der Waals surface area contributed by atoms with Crippen LogP contribution in [0.15, 0.2) is 42.6 Å². The Hall–Kier alpha value is -2.47. The van der Waals surface area contributed by atoms with Gasteiger partial charge >= 0.3 is 0 Å². The lowest BCUT2D eigenvalue weighted by molar-refractivity contribution is 0.0141. The molecule has 0 unspecified atom stereocenters.